The summed E-state index contributed by atoms with van der Waals surface area (Å²) in [6, 6.07) is 12.1. The van der Waals surface area contributed by atoms with E-state index >= 15 is 0 Å². The van der Waals surface area contributed by atoms with Crippen LogP contribution in [0.25, 0.3) is 10.9 Å². The second kappa shape index (κ2) is 12.0. The van der Waals surface area contributed by atoms with Crippen LogP contribution < -0.4 is 9.46 Å². The normalized spacial score (nSPS) is 15.9. The average Bonchev–Trinajstić information content (AvgIpc) is 3.49. The van der Waals surface area contributed by atoms with Gasteiger partial charge in [0.25, 0.3) is 0 Å². The second-order valence-electron chi connectivity index (χ2n) is 7.33. The van der Waals surface area contributed by atoms with Gasteiger partial charge in [-0.3, -0.25) is 4.99 Å². The Labute approximate surface area is 207 Å². The zero-order valence-corrected chi connectivity index (χ0v) is 21.3. The smallest absolute Gasteiger partial charge is 0.170 e. The van der Waals surface area contributed by atoms with Crippen molar-refractivity contribution in [2.24, 2.45) is 4.99 Å². The summed E-state index contributed by atoms with van der Waals surface area (Å²) in [4.78, 5) is 12.7. The van der Waals surface area contributed by atoms with Crippen molar-refractivity contribution in [2.45, 2.75) is 23.0 Å². The molecular formula is C23H28N4O3S3. The molecule has 7 nitrogen and oxygen atoms in total. The molecular weight excluding hydrogens is 476 g/mol. The molecule has 1 aliphatic heterocycles. The summed E-state index contributed by atoms with van der Waals surface area (Å²) in [6.45, 7) is 1.35. The van der Waals surface area contributed by atoms with E-state index in [0.717, 1.165) is 50.3 Å². The molecule has 2 aromatic heterocycles. The molecule has 176 valence electrons. The Morgan fingerprint density at radius 3 is 2.88 bits per heavy atom. The number of rotatable bonds is 12. The largest absolute Gasteiger partial charge is 0.493 e. The van der Waals surface area contributed by atoms with E-state index in [-0.39, 0.29) is 11.5 Å². The van der Waals surface area contributed by atoms with Gasteiger partial charge < -0.3 is 23.9 Å². The second-order valence-corrected chi connectivity index (χ2v) is 10.4. The first-order chi connectivity index (χ1) is 16.2. The van der Waals surface area contributed by atoms with E-state index in [1.165, 1.54) is 11.9 Å². The number of hydrogen-bond donors (Lipinski definition) is 2. The lowest BCUT2D eigenvalue weighted by Crippen LogP contribution is -2.28. The van der Waals surface area contributed by atoms with Gasteiger partial charge in [-0.2, -0.15) is 11.8 Å². The van der Waals surface area contributed by atoms with Crippen molar-refractivity contribution in [3.63, 3.8) is 0 Å². The lowest BCUT2D eigenvalue weighted by atomic mass is 10.2. The molecule has 3 aromatic rings. The van der Waals surface area contributed by atoms with Crippen molar-refractivity contribution in [1.82, 2.24) is 9.97 Å². The van der Waals surface area contributed by atoms with E-state index in [9.17, 15) is 0 Å². The molecule has 1 atom stereocenters. The molecule has 0 aliphatic carbocycles. The Hall–Kier alpha value is -1.85. The van der Waals surface area contributed by atoms with Crippen LogP contribution in [0.3, 0.4) is 0 Å². The Kier molecular flexibility index (Phi) is 8.85. The van der Waals surface area contributed by atoms with Gasteiger partial charge in [0, 0.05) is 43.8 Å². The van der Waals surface area contributed by atoms with Crippen LogP contribution in [0.15, 0.2) is 52.6 Å². The molecule has 4 rings (SSSR count). The van der Waals surface area contributed by atoms with Gasteiger partial charge in [-0.25, -0.2) is 4.98 Å². The lowest BCUT2D eigenvalue weighted by molar-refractivity contribution is -0.0994. The maximum atomic E-state index is 6.06. The van der Waals surface area contributed by atoms with E-state index in [1.807, 2.05) is 36.0 Å². The third kappa shape index (κ3) is 6.19. The highest BCUT2D eigenvalue weighted by Gasteiger charge is 2.29. The van der Waals surface area contributed by atoms with Gasteiger partial charge in [0.15, 0.2) is 6.29 Å². The minimum atomic E-state index is -0.283. The molecule has 1 aliphatic rings. The van der Waals surface area contributed by atoms with Crippen LogP contribution in [0.5, 0.6) is 5.75 Å². The monoisotopic (exact) mass is 504 g/mol. The van der Waals surface area contributed by atoms with Crippen molar-refractivity contribution >= 4 is 57.1 Å². The van der Waals surface area contributed by atoms with Crippen molar-refractivity contribution < 1.29 is 14.2 Å². The van der Waals surface area contributed by atoms with Gasteiger partial charge in [0.1, 0.15) is 15.8 Å². The standard InChI is InChI=1S/C23H28N4O3S3/c1-28-23(29-2)19-14-25-22(32-19)18-12-15-11-16(30-9-6-10-31-3)13-17(21(15)26-18)27-33-20-7-4-5-8-24-20/h4-5,7-8,11-13,19,23,26-27H,6,9-10,14H2,1-3H3. The first-order valence-corrected chi connectivity index (χ1v) is 13.7. The van der Waals surface area contributed by atoms with Crippen LogP contribution in [0, 0.1) is 0 Å². The molecule has 1 aromatic carbocycles. The van der Waals surface area contributed by atoms with Gasteiger partial charge in [0.05, 0.1) is 35.3 Å². The molecule has 33 heavy (non-hydrogen) atoms. The van der Waals surface area contributed by atoms with Crippen LogP contribution in [-0.2, 0) is 9.47 Å². The number of benzene rings is 1. The molecule has 10 heteroatoms. The summed E-state index contributed by atoms with van der Waals surface area (Å²) in [7, 11) is 3.32. The molecule has 0 saturated heterocycles. The first kappa shape index (κ1) is 24.3. The Balaban J connectivity index is 1.57. The fourth-order valence-electron chi connectivity index (χ4n) is 3.48. The minimum Gasteiger partial charge on any atom is -0.493 e. The highest BCUT2D eigenvalue weighted by Crippen LogP contribution is 2.35. The van der Waals surface area contributed by atoms with Gasteiger partial charge in [0.2, 0.25) is 0 Å². The van der Waals surface area contributed by atoms with Crippen LogP contribution in [0.4, 0.5) is 5.69 Å². The number of thioether (sulfide) groups is 2. The SMILES string of the molecule is COC(OC)C1CN=C(c2cc3cc(OCCCSC)cc(NSc4ccccn4)c3[nH]2)S1. The maximum Gasteiger partial charge on any atom is 0.170 e. The van der Waals surface area contributed by atoms with Crippen molar-refractivity contribution in [3.8, 4) is 5.75 Å². The van der Waals surface area contributed by atoms with Crippen LogP contribution in [-0.4, -0.2) is 65.9 Å². The molecule has 0 spiro atoms. The number of aromatic amines is 1. The number of fused-ring (bicyclic) bond motifs is 1. The number of ether oxygens (including phenoxy) is 3. The molecule has 0 saturated carbocycles. The lowest BCUT2D eigenvalue weighted by Gasteiger charge is -2.18. The number of methoxy groups -OCH3 is 2. The molecule has 0 amide bonds. The maximum absolute atomic E-state index is 6.06. The minimum absolute atomic E-state index is 0.133. The molecule has 0 radical (unpaired) electrons. The highest BCUT2D eigenvalue weighted by atomic mass is 32.2. The van der Waals surface area contributed by atoms with Crippen molar-refractivity contribution in [2.75, 3.05) is 44.1 Å². The summed E-state index contributed by atoms with van der Waals surface area (Å²) < 4.78 is 20.4. The molecule has 2 N–H and O–H groups in total. The van der Waals surface area contributed by atoms with Crippen LogP contribution in [0.2, 0.25) is 0 Å². The molecule has 0 fully saturated rings. The van der Waals surface area contributed by atoms with Gasteiger partial charge in [-0.1, -0.05) is 17.8 Å². The summed E-state index contributed by atoms with van der Waals surface area (Å²) in [5.41, 5.74) is 2.93. The van der Waals surface area contributed by atoms with Crippen molar-refractivity contribution in [1.29, 1.82) is 0 Å². The van der Waals surface area contributed by atoms with E-state index in [0.29, 0.717) is 13.2 Å². The van der Waals surface area contributed by atoms with Gasteiger partial charge >= 0.3 is 0 Å². The Bertz CT molecular complexity index is 1070. The molecule has 1 unspecified atom stereocenters. The highest BCUT2D eigenvalue weighted by molar-refractivity contribution is 8.15. The summed E-state index contributed by atoms with van der Waals surface area (Å²) in [5.74, 6) is 1.93. The molecule has 3 heterocycles. The summed E-state index contributed by atoms with van der Waals surface area (Å²) >= 11 is 4.98. The fourth-order valence-corrected chi connectivity index (χ4v) is 5.68. The number of H-pyrrole nitrogens is 1. The van der Waals surface area contributed by atoms with E-state index in [4.69, 9.17) is 19.2 Å². The quantitative estimate of drug-likeness (QED) is 0.196. The van der Waals surface area contributed by atoms with Gasteiger partial charge in [-0.05, 0) is 42.7 Å². The third-order valence-electron chi connectivity index (χ3n) is 5.04. The van der Waals surface area contributed by atoms with E-state index < -0.39 is 0 Å². The Morgan fingerprint density at radius 1 is 1.24 bits per heavy atom. The predicted octanol–water partition coefficient (Wildman–Crippen LogP) is 5.29. The van der Waals surface area contributed by atoms with Crippen molar-refractivity contribution in [3.05, 3.63) is 48.3 Å². The zero-order chi connectivity index (χ0) is 23.0. The summed E-state index contributed by atoms with van der Waals surface area (Å²) in [6.07, 6.45) is 4.63. The fraction of sp³-hybridized carbons (Fsp3) is 0.391. The van der Waals surface area contributed by atoms with Crippen LogP contribution >= 0.6 is 35.5 Å². The van der Waals surface area contributed by atoms with Crippen LogP contribution in [0.1, 0.15) is 12.1 Å². The number of aliphatic imine (C=N–C) groups is 1. The number of nitrogens with zero attached hydrogens (tertiary/aromatic N) is 2. The number of anilines is 1. The number of nitrogens with one attached hydrogen (secondary N) is 2. The van der Waals surface area contributed by atoms with Gasteiger partial charge in [-0.15, -0.1) is 0 Å². The zero-order valence-electron chi connectivity index (χ0n) is 18.9. The van der Waals surface area contributed by atoms with E-state index in [1.54, 1.807) is 32.2 Å². The third-order valence-corrected chi connectivity index (χ3v) is 7.76. The number of pyridine rings is 1. The average molecular weight is 505 g/mol. The van der Waals surface area contributed by atoms with E-state index in [2.05, 4.69) is 33.1 Å². The number of aromatic nitrogens is 2. The Morgan fingerprint density at radius 2 is 2.12 bits per heavy atom. The predicted molar refractivity (Wildman–Crippen MR) is 141 cm³/mol. The topological polar surface area (TPSA) is 80.8 Å². The first-order valence-electron chi connectivity index (χ1n) is 10.6. The number of hydrogen-bond acceptors (Lipinski definition) is 9. The molecule has 0 bridgehead atoms. The summed E-state index contributed by atoms with van der Waals surface area (Å²) in [5, 5.41) is 3.06.